The molecule has 0 heterocycles. The molecule has 1 rings (SSSR count). The number of carbonyl (C=O) groups is 1. The lowest BCUT2D eigenvalue weighted by Crippen LogP contribution is -2.13. The van der Waals surface area contributed by atoms with Gasteiger partial charge in [-0.05, 0) is 16.5 Å². The van der Waals surface area contributed by atoms with E-state index in [1.165, 1.54) is 5.56 Å². The Morgan fingerprint density at radius 1 is 1.19 bits per heavy atom. The van der Waals surface area contributed by atoms with Crippen molar-refractivity contribution < 1.29 is 4.79 Å². The molecule has 0 fully saturated rings. The van der Waals surface area contributed by atoms with Gasteiger partial charge in [-0.1, -0.05) is 68.2 Å². The van der Waals surface area contributed by atoms with Gasteiger partial charge in [0.25, 0.3) is 0 Å². The minimum atomic E-state index is -0.928. The quantitative estimate of drug-likeness (QED) is 0.752. The summed E-state index contributed by atoms with van der Waals surface area (Å²) < 4.78 is 0. The molecule has 0 aliphatic heterocycles. The molecule has 0 spiro atoms. The summed E-state index contributed by atoms with van der Waals surface area (Å²) in [7, 11) is 0. The number of Topliss-reactive ketones (excluding diaryl/α,β-unsaturated/α-hetero) is 1. The van der Waals surface area contributed by atoms with Crippen molar-refractivity contribution >= 4 is 29.0 Å². The summed E-state index contributed by atoms with van der Waals surface area (Å²) in [4.78, 5) is 10.4. The van der Waals surface area contributed by atoms with E-state index in [1.54, 1.807) is 0 Å². The molecule has 0 aliphatic rings. The molecular formula is C13H16Cl2O. The van der Waals surface area contributed by atoms with Crippen LogP contribution in [0.25, 0.3) is 0 Å². The minimum absolute atomic E-state index is 0.129. The van der Waals surface area contributed by atoms with Gasteiger partial charge in [-0.15, -0.1) is 0 Å². The van der Waals surface area contributed by atoms with Gasteiger partial charge in [0.2, 0.25) is 0 Å². The van der Waals surface area contributed by atoms with Gasteiger partial charge < -0.3 is 0 Å². The third-order valence-electron chi connectivity index (χ3n) is 2.44. The second-order valence-corrected chi connectivity index (χ2v) is 5.99. The fourth-order valence-electron chi connectivity index (χ4n) is 1.40. The fraction of sp³-hybridized carbons (Fsp3) is 0.462. The molecule has 0 atom stereocenters. The lowest BCUT2D eigenvalue weighted by Gasteiger charge is -2.19. The molecule has 88 valence electrons. The van der Waals surface area contributed by atoms with Crippen molar-refractivity contribution in [2.75, 3.05) is 0 Å². The normalized spacial score (nSPS) is 11.9. The van der Waals surface area contributed by atoms with E-state index in [9.17, 15) is 4.79 Å². The number of alkyl halides is 2. The molecule has 1 aromatic carbocycles. The first kappa shape index (κ1) is 13.5. The number of hydrogen-bond donors (Lipinski definition) is 0. The third-order valence-corrected chi connectivity index (χ3v) is 2.93. The van der Waals surface area contributed by atoms with Crippen LogP contribution < -0.4 is 0 Å². The fourth-order valence-corrected chi connectivity index (χ4v) is 1.56. The zero-order valence-corrected chi connectivity index (χ0v) is 11.3. The summed E-state index contributed by atoms with van der Waals surface area (Å²) in [6.07, 6.45) is 0.294. The largest absolute Gasteiger partial charge is 0.296 e. The van der Waals surface area contributed by atoms with Crippen LogP contribution in [-0.4, -0.2) is 10.6 Å². The van der Waals surface area contributed by atoms with Crippen LogP contribution in [0.3, 0.4) is 0 Å². The second-order valence-electron chi connectivity index (χ2n) is 4.89. The van der Waals surface area contributed by atoms with E-state index in [4.69, 9.17) is 23.2 Å². The highest BCUT2D eigenvalue weighted by molar-refractivity contribution is 6.53. The zero-order valence-electron chi connectivity index (χ0n) is 9.76. The number of benzene rings is 1. The second kappa shape index (κ2) is 5.20. The van der Waals surface area contributed by atoms with E-state index in [-0.39, 0.29) is 11.2 Å². The van der Waals surface area contributed by atoms with E-state index in [1.807, 2.05) is 24.3 Å². The van der Waals surface area contributed by atoms with Crippen LogP contribution in [0.5, 0.6) is 0 Å². The molecule has 0 amide bonds. The van der Waals surface area contributed by atoms with Gasteiger partial charge in [0.1, 0.15) is 0 Å². The minimum Gasteiger partial charge on any atom is -0.296 e. The lowest BCUT2D eigenvalue weighted by molar-refractivity contribution is -0.116. The van der Waals surface area contributed by atoms with E-state index in [0.29, 0.717) is 6.42 Å². The van der Waals surface area contributed by atoms with Crippen molar-refractivity contribution in [3.05, 3.63) is 35.4 Å². The van der Waals surface area contributed by atoms with Gasteiger partial charge in [0.15, 0.2) is 10.6 Å². The maximum atomic E-state index is 11.3. The molecule has 0 N–H and O–H groups in total. The lowest BCUT2D eigenvalue weighted by atomic mass is 9.86. The SMILES string of the molecule is CC(C)(C)c1ccc(CC(=O)C(Cl)Cl)cc1. The zero-order chi connectivity index (χ0) is 12.3. The van der Waals surface area contributed by atoms with Crippen molar-refractivity contribution in [1.82, 2.24) is 0 Å². The molecule has 1 aromatic rings. The van der Waals surface area contributed by atoms with Crippen molar-refractivity contribution in [3.8, 4) is 0 Å². The Balaban J connectivity index is 2.76. The number of halogens is 2. The Morgan fingerprint density at radius 3 is 2.06 bits per heavy atom. The van der Waals surface area contributed by atoms with Gasteiger partial charge in [0.05, 0.1) is 0 Å². The number of ketones is 1. The van der Waals surface area contributed by atoms with Crippen LogP contribution in [-0.2, 0) is 16.6 Å². The average molecular weight is 259 g/mol. The Bertz CT molecular complexity index is 361. The topological polar surface area (TPSA) is 17.1 Å². The standard InChI is InChI=1S/C13H16Cl2O/c1-13(2,3)10-6-4-9(5-7-10)8-11(16)12(14)15/h4-7,12H,8H2,1-3H3. The van der Waals surface area contributed by atoms with Crippen LogP contribution in [0.1, 0.15) is 31.9 Å². The highest BCUT2D eigenvalue weighted by Gasteiger charge is 2.15. The monoisotopic (exact) mass is 258 g/mol. The molecule has 0 saturated carbocycles. The van der Waals surface area contributed by atoms with Crippen LogP contribution in [0, 0.1) is 0 Å². The molecule has 0 aromatic heterocycles. The summed E-state index contributed by atoms with van der Waals surface area (Å²) in [6, 6.07) is 7.99. The maximum Gasteiger partial charge on any atom is 0.170 e. The summed E-state index contributed by atoms with van der Waals surface area (Å²) in [6.45, 7) is 6.46. The summed E-state index contributed by atoms with van der Waals surface area (Å²) >= 11 is 11.0. The predicted octanol–water partition coefficient (Wildman–Crippen LogP) is 3.90. The maximum absolute atomic E-state index is 11.3. The van der Waals surface area contributed by atoms with Gasteiger partial charge in [0, 0.05) is 6.42 Å². The average Bonchev–Trinajstić information content (AvgIpc) is 2.17. The van der Waals surface area contributed by atoms with Crippen LogP contribution >= 0.6 is 23.2 Å². The smallest absolute Gasteiger partial charge is 0.170 e. The number of rotatable bonds is 3. The van der Waals surface area contributed by atoms with Gasteiger partial charge >= 0.3 is 0 Å². The Labute approximate surface area is 107 Å². The summed E-state index contributed by atoms with van der Waals surface area (Å²) in [5, 5.41) is 0. The van der Waals surface area contributed by atoms with E-state index >= 15 is 0 Å². The van der Waals surface area contributed by atoms with Gasteiger partial charge in [-0.3, -0.25) is 4.79 Å². The van der Waals surface area contributed by atoms with Gasteiger partial charge in [-0.2, -0.15) is 0 Å². The van der Waals surface area contributed by atoms with Crippen LogP contribution in [0.4, 0.5) is 0 Å². The number of hydrogen-bond acceptors (Lipinski definition) is 1. The molecule has 0 aliphatic carbocycles. The summed E-state index contributed by atoms with van der Waals surface area (Å²) in [5.74, 6) is -0.160. The Hall–Kier alpha value is -0.530. The van der Waals surface area contributed by atoms with Crippen molar-refractivity contribution in [2.45, 2.75) is 37.4 Å². The Morgan fingerprint density at radius 2 is 1.69 bits per heavy atom. The summed E-state index contributed by atoms with van der Waals surface area (Å²) in [5.41, 5.74) is 2.32. The highest BCUT2D eigenvalue weighted by Crippen LogP contribution is 2.22. The third kappa shape index (κ3) is 3.80. The molecule has 1 nitrogen and oxygen atoms in total. The number of carbonyl (C=O) groups excluding carboxylic acids is 1. The van der Waals surface area contributed by atoms with Crippen LogP contribution in [0.15, 0.2) is 24.3 Å². The molecule has 0 radical (unpaired) electrons. The molecule has 0 unspecified atom stereocenters. The van der Waals surface area contributed by atoms with E-state index < -0.39 is 4.84 Å². The molecule has 16 heavy (non-hydrogen) atoms. The molecular weight excluding hydrogens is 243 g/mol. The van der Waals surface area contributed by atoms with Gasteiger partial charge in [-0.25, -0.2) is 0 Å². The predicted molar refractivity (Wildman–Crippen MR) is 69.3 cm³/mol. The van der Waals surface area contributed by atoms with Crippen molar-refractivity contribution in [3.63, 3.8) is 0 Å². The Kier molecular flexibility index (Phi) is 4.40. The van der Waals surface area contributed by atoms with E-state index in [0.717, 1.165) is 5.56 Å². The van der Waals surface area contributed by atoms with Crippen LogP contribution in [0.2, 0.25) is 0 Å². The molecule has 0 bridgehead atoms. The van der Waals surface area contributed by atoms with E-state index in [2.05, 4.69) is 20.8 Å². The first-order valence-electron chi connectivity index (χ1n) is 5.21. The molecule has 0 saturated heterocycles. The van der Waals surface area contributed by atoms with Crippen molar-refractivity contribution in [1.29, 1.82) is 0 Å². The molecule has 3 heteroatoms. The first-order valence-corrected chi connectivity index (χ1v) is 6.08. The first-order chi connectivity index (χ1) is 7.30. The highest BCUT2D eigenvalue weighted by atomic mass is 35.5. The van der Waals surface area contributed by atoms with Crippen molar-refractivity contribution in [2.24, 2.45) is 0 Å².